The smallest absolute Gasteiger partial charge is 0.302 e. The van der Waals surface area contributed by atoms with E-state index in [0.29, 0.717) is 0 Å². The molecular formula is C36H40Br2N8. The minimum atomic E-state index is 0. The highest BCUT2D eigenvalue weighted by atomic mass is 79.9. The summed E-state index contributed by atoms with van der Waals surface area (Å²) in [5, 5.41) is 13.4. The summed E-state index contributed by atoms with van der Waals surface area (Å²) in [5.41, 5.74) is 6.93. The number of halogens is 2. The standard InChI is InChI=1S/C36H40N8.2BrH/c1-39-31-21-11-13-23-33(31)43(35(39)27-37-41(3)29-17-7-5-8-18-29)25-15-16-26-44-34-24-14-12-22-32(34)40(2)36(44)28-38-42(4)30-19-9-6-10-20-30;;/h5-14,17-24,27-28H,15-16,25-26H2,1-4H3;2*1H/q+2;;/p-2. The van der Waals surface area contributed by atoms with Crippen LogP contribution in [0.25, 0.3) is 22.1 Å². The third kappa shape index (κ3) is 7.24. The molecule has 0 aliphatic carbocycles. The Morgan fingerprint density at radius 3 is 1.28 bits per heavy atom. The number of benzene rings is 4. The number of para-hydroxylation sites is 6. The molecule has 2 heterocycles. The molecular weight excluding hydrogens is 704 g/mol. The van der Waals surface area contributed by atoms with Crippen LogP contribution >= 0.6 is 0 Å². The molecule has 46 heavy (non-hydrogen) atoms. The van der Waals surface area contributed by atoms with Crippen molar-refractivity contribution in [3.63, 3.8) is 0 Å². The van der Waals surface area contributed by atoms with Crippen molar-refractivity contribution in [1.29, 1.82) is 0 Å². The summed E-state index contributed by atoms with van der Waals surface area (Å²) < 4.78 is 9.25. The molecule has 6 aromatic rings. The predicted molar refractivity (Wildman–Crippen MR) is 180 cm³/mol. The van der Waals surface area contributed by atoms with Crippen LogP contribution in [0.4, 0.5) is 11.4 Å². The number of fused-ring (bicyclic) bond motifs is 2. The minimum absolute atomic E-state index is 0. The number of aromatic nitrogens is 4. The maximum atomic E-state index is 4.80. The van der Waals surface area contributed by atoms with Crippen molar-refractivity contribution in [2.24, 2.45) is 24.3 Å². The van der Waals surface area contributed by atoms with Crippen LogP contribution in [0.5, 0.6) is 0 Å². The maximum Gasteiger partial charge on any atom is 0.302 e. The van der Waals surface area contributed by atoms with Crippen molar-refractivity contribution >= 4 is 45.9 Å². The molecule has 0 spiro atoms. The van der Waals surface area contributed by atoms with Crippen LogP contribution in [0.3, 0.4) is 0 Å². The number of imidazole rings is 2. The quantitative estimate of drug-likeness (QED) is 0.0792. The third-order valence-electron chi connectivity index (χ3n) is 8.27. The molecule has 0 amide bonds. The van der Waals surface area contributed by atoms with Gasteiger partial charge in [-0.3, -0.25) is 10.0 Å². The molecule has 6 rings (SSSR count). The van der Waals surface area contributed by atoms with Gasteiger partial charge in [-0.1, -0.05) is 60.7 Å². The van der Waals surface area contributed by atoms with Crippen molar-refractivity contribution in [3.05, 3.63) is 121 Å². The molecule has 0 saturated carbocycles. The number of hydrogen-bond acceptors (Lipinski definition) is 4. The van der Waals surface area contributed by atoms with Gasteiger partial charge in [-0.2, -0.15) is 10.2 Å². The fourth-order valence-electron chi connectivity index (χ4n) is 5.83. The monoisotopic (exact) mass is 742 g/mol. The van der Waals surface area contributed by atoms with Gasteiger partial charge < -0.3 is 34.0 Å². The first kappa shape index (κ1) is 34.6. The summed E-state index contributed by atoms with van der Waals surface area (Å²) in [5.74, 6) is 2.15. The summed E-state index contributed by atoms with van der Waals surface area (Å²) in [6.07, 6.45) is 5.99. The topological polar surface area (TPSA) is 48.8 Å². The number of anilines is 2. The molecule has 4 aromatic carbocycles. The Morgan fingerprint density at radius 1 is 0.543 bits per heavy atom. The van der Waals surface area contributed by atoms with E-state index in [2.05, 4.69) is 105 Å². The average molecular weight is 745 g/mol. The Morgan fingerprint density at radius 2 is 0.891 bits per heavy atom. The molecule has 238 valence electrons. The Hall–Kier alpha value is -4.28. The van der Waals surface area contributed by atoms with Gasteiger partial charge in [-0.25, -0.2) is 18.3 Å². The molecule has 0 N–H and O–H groups in total. The van der Waals surface area contributed by atoms with Gasteiger partial charge in [-0.15, -0.1) is 0 Å². The molecule has 0 saturated heterocycles. The number of unbranched alkanes of at least 4 members (excludes halogenated alkanes) is 1. The van der Waals surface area contributed by atoms with Crippen molar-refractivity contribution in [3.8, 4) is 0 Å². The largest absolute Gasteiger partial charge is 1.00 e. The zero-order valence-corrected chi connectivity index (χ0v) is 29.9. The van der Waals surface area contributed by atoms with Crippen LogP contribution in [0.1, 0.15) is 24.5 Å². The molecule has 0 radical (unpaired) electrons. The Kier molecular flexibility index (Phi) is 11.9. The Bertz CT molecular complexity index is 1790. The van der Waals surface area contributed by atoms with E-state index in [1.165, 1.54) is 22.1 Å². The fraction of sp³-hybridized carbons (Fsp3) is 0.222. The first-order valence-corrected chi connectivity index (χ1v) is 15.1. The Labute approximate surface area is 292 Å². The van der Waals surface area contributed by atoms with Crippen LogP contribution < -0.4 is 53.1 Å². The van der Waals surface area contributed by atoms with Crippen LogP contribution in [0, 0.1) is 0 Å². The molecule has 10 heteroatoms. The highest BCUT2D eigenvalue weighted by Crippen LogP contribution is 2.16. The van der Waals surface area contributed by atoms with Gasteiger partial charge in [0.05, 0.1) is 38.6 Å². The summed E-state index contributed by atoms with van der Waals surface area (Å²) >= 11 is 0. The van der Waals surface area contributed by atoms with Crippen molar-refractivity contribution in [2.75, 3.05) is 24.1 Å². The van der Waals surface area contributed by atoms with E-state index in [-0.39, 0.29) is 34.0 Å². The number of hydrogen-bond donors (Lipinski definition) is 0. The van der Waals surface area contributed by atoms with Gasteiger partial charge in [0.15, 0.2) is 22.1 Å². The first-order chi connectivity index (χ1) is 21.5. The second kappa shape index (κ2) is 15.8. The van der Waals surface area contributed by atoms with E-state index in [4.69, 9.17) is 10.2 Å². The van der Waals surface area contributed by atoms with Gasteiger partial charge in [0.25, 0.3) is 0 Å². The molecule has 0 aliphatic rings. The van der Waals surface area contributed by atoms with E-state index in [1.807, 2.05) is 72.9 Å². The summed E-state index contributed by atoms with van der Waals surface area (Å²) in [7, 11) is 8.21. The number of hydrazone groups is 2. The van der Waals surface area contributed by atoms with Gasteiger partial charge in [0.2, 0.25) is 0 Å². The molecule has 0 unspecified atom stereocenters. The second-order valence-corrected chi connectivity index (χ2v) is 11.0. The lowest BCUT2D eigenvalue weighted by atomic mass is 10.2. The average Bonchev–Trinajstić information content (AvgIpc) is 3.50. The summed E-state index contributed by atoms with van der Waals surface area (Å²) in [4.78, 5) is 0. The third-order valence-corrected chi connectivity index (χ3v) is 8.27. The van der Waals surface area contributed by atoms with E-state index in [1.54, 1.807) is 0 Å². The zero-order valence-electron chi connectivity index (χ0n) is 26.7. The van der Waals surface area contributed by atoms with E-state index in [9.17, 15) is 0 Å². The molecule has 2 aromatic heterocycles. The molecule has 8 nitrogen and oxygen atoms in total. The van der Waals surface area contributed by atoms with Crippen LogP contribution in [-0.2, 0) is 27.2 Å². The Balaban J connectivity index is 0.00000240. The van der Waals surface area contributed by atoms with Crippen LogP contribution in [-0.4, -0.2) is 35.7 Å². The number of nitrogens with zero attached hydrogens (tertiary/aromatic N) is 8. The number of aryl methyl sites for hydroxylation is 4. The maximum absolute atomic E-state index is 4.80. The predicted octanol–water partition coefficient (Wildman–Crippen LogP) is -0.326. The fourth-order valence-corrected chi connectivity index (χ4v) is 5.83. The normalized spacial score (nSPS) is 11.3. The van der Waals surface area contributed by atoms with Gasteiger partial charge >= 0.3 is 11.6 Å². The molecule has 0 aliphatic heterocycles. The minimum Gasteiger partial charge on any atom is -1.00 e. The SMILES string of the molecule is CN(/N=C/c1n(C)c2ccccc2[n+]1CCCC[n+]1c(/C=N/N(C)c2ccccc2)n(C)c2ccccc21)c1ccccc1.[Br-].[Br-]. The van der Waals surface area contributed by atoms with E-state index >= 15 is 0 Å². The zero-order chi connectivity index (χ0) is 30.5. The second-order valence-electron chi connectivity index (χ2n) is 11.0. The number of rotatable bonds is 11. The van der Waals surface area contributed by atoms with Gasteiger partial charge in [0.1, 0.15) is 12.4 Å². The lowest BCUT2D eigenvalue weighted by Gasteiger charge is -2.11. The first-order valence-electron chi connectivity index (χ1n) is 15.1. The molecule has 0 fully saturated rings. The van der Waals surface area contributed by atoms with Gasteiger partial charge in [-0.05, 0) is 61.4 Å². The van der Waals surface area contributed by atoms with Crippen LogP contribution in [0.15, 0.2) is 119 Å². The molecule has 0 bridgehead atoms. The molecule has 0 atom stereocenters. The van der Waals surface area contributed by atoms with E-state index in [0.717, 1.165) is 49.0 Å². The van der Waals surface area contributed by atoms with Crippen molar-refractivity contribution in [1.82, 2.24) is 9.13 Å². The lowest BCUT2D eigenvalue weighted by Crippen LogP contribution is -3.00. The highest BCUT2D eigenvalue weighted by Gasteiger charge is 2.23. The summed E-state index contributed by atoms with van der Waals surface area (Å²) in [6.45, 7) is 1.78. The van der Waals surface area contributed by atoms with Crippen molar-refractivity contribution < 1.29 is 43.1 Å². The van der Waals surface area contributed by atoms with Crippen LogP contribution in [0.2, 0.25) is 0 Å². The summed E-state index contributed by atoms with van der Waals surface area (Å²) in [6, 6.07) is 37.6. The van der Waals surface area contributed by atoms with E-state index < -0.39 is 0 Å². The van der Waals surface area contributed by atoms with Gasteiger partial charge in [0, 0.05) is 14.1 Å². The van der Waals surface area contributed by atoms with Crippen molar-refractivity contribution in [2.45, 2.75) is 25.9 Å². The highest BCUT2D eigenvalue weighted by molar-refractivity contribution is 5.82. The lowest BCUT2D eigenvalue weighted by molar-refractivity contribution is -0.684.